The monoisotopic (exact) mass is 293 g/mol. The van der Waals surface area contributed by atoms with Crippen molar-refractivity contribution in [2.24, 2.45) is 0 Å². The number of esters is 1. The lowest BCUT2D eigenvalue weighted by Crippen LogP contribution is -2.40. The average Bonchev–Trinajstić information content (AvgIpc) is 2.37. The highest BCUT2D eigenvalue weighted by Gasteiger charge is 2.20. The summed E-state index contributed by atoms with van der Waals surface area (Å²) in [6.45, 7) is 5.48. The Morgan fingerprint density at radius 2 is 1.76 bits per heavy atom. The molecule has 1 aromatic rings. The van der Waals surface area contributed by atoms with Crippen LogP contribution in [-0.4, -0.2) is 24.0 Å². The van der Waals surface area contributed by atoms with E-state index >= 15 is 0 Å². The Kier molecular flexibility index (Phi) is 6.02. The van der Waals surface area contributed by atoms with E-state index in [-0.39, 0.29) is 17.5 Å². The van der Waals surface area contributed by atoms with Crippen LogP contribution in [0.2, 0.25) is 0 Å². The van der Waals surface area contributed by atoms with Gasteiger partial charge in [0.05, 0.1) is 5.56 Å². The number of ether oxygens (including phenoxy) is 1. The van der Waals surface area contributed by atoms with E-state index in [1.807, 2.05) is 13.8 Å². The van der Waals surface area contributed by atoms with Gasteiger partial charge in [-0.3, -0.25) is 4.79 Å². The number of hydrogen-bond acceptors (Lipinski definition) is 5. The smallest absolute Gasteiger partial charge is 0.339 e. The number of nitrogen functional groups attached to an aromatic ring is 2. The molecule has 0 saturated heterocycles. The minimum absolute atomic E-state index is 0.0478. The SMILES string of the molecule is CCCC(C)NC(=O)C(C)OC(=O)c1cc(N)cc(N)c1. The van der Waals surface area contributed by atoms with Gasteiger partial charge in [-0.1, -0.05) is 13.3 Å². The van der Waals surface area contributed by atoms with E-state index in [2.05, 4.69) is 5.32 Å². The number of nitrogens with one attached hydrogen (secondary N) is 1. The Morgan fingerprint density at radius 1 is 1.19 bits per heavy atom. The largest absolute Gasteiger partial charge is 0.449 e. The van der Waals surface area contributed by atoms with E-state index in [0.717, 1.165) is 12.8 Å². The van der Waals surface area contributed by atoms with E-state index in [4.69, 9.17) is 16.2 Å². The third-order valence-electron chi connectivity index (χ3n) is 2.98. The molecular weight excluding hydrogens is 270 g/mol. The summed E-state index contributed by atoms with van der Waals surface area (Å²) in [5.41, 5.74) is 12.2. The second-order valence-corrected chi connectivity index (χ2v) is 5.13. The molecule has 0 heterocycles. The van der Waals surface area contributed by atoms with Crippen LogP contribution in [0.3, 0.4) is 0 Å². The van der Waals surface area contributed by atoms with Gasteiger partial charge in [-0.15, -0.1) is 0 Å². The maximum Gasteiger partial charge on any atom is 0.339 e. The van der Waals surface area contributed by atoms with Crippen molar-refractivity contribution >= 4 is 23.3 Å². The van der Waals surface area contributed by atoms with E-state index < -0.39 is 12.1 Å². The molecule has 2 unspecified atom stereocenters. The predicted molar refractivity (Wildman–Crippen MR) is 82.7 cm³/mol. The standard InChI is InChI=1S/C15H23N3O3/c1-4-5-9(2)18-14(19)10(3)21-15(20)11-6-12(16)8-13(17)7-11/h6-10H,4-5,16-17H2,1-3H3,(H,18,19). The molecule has 2 atom stereocenters. The fourth-order valence-electron chi connectivity index (χ4n) is 1.94. The molecule has 116 valence electrons. The summed E-state index contributed by atoms with van der Waals surface area (Å²) in [5.74, 6) is -0.944. The van der Waals surface area contributed by atoms with Gasteiger partial charge in [0, 0.05) is 17.4 Å². The first-order chi connectivity index (χ1) is 9.83. The zero-order valence-electron chi connectivity index (χ0n) is 12.7. The van der Waals surface area contributed by atoms with Gasteiger partial charge in [0.25, 0.3) is 5.91 Å². The molecule has 1 aromatic carbocycles. The van der Waals surface area contributed by atoms with Gasteiger partial charge in [0.2, 0.25) is 0 Å². The molecule has 0 saturated carbocycles. The maximum atomic E-state index is 12.0. The number of carbonyl (C=O) groups is 2. The van der Waals surface area contributed by atoms with Crippen molar-refractivity contribution in [2.45, 2.75) is 45.8 Å². The van der Waals surface area contributed by atoms with Crippen molar-refractivity contribution in [3.05, 3.63) is 23.8 Å². The van der Waals surface area contributed by atoms with Crippen molar-refractivity contribution < 1.29 is 14.3 Å². The Morgan fingerprint density at radius 3 is 2.29 bits per heavy atom. The van der Waals surface area contributed by atoms with Gasteiger partial charge in [-0.05, 0) is 38.5 Å². The van der Waals surface area contributed by atoms with Crippen LogP contribution >= 0.6 is 0 Å². The van der Waals surface area contributed by atoms with Crippen molar-refractivity contribution in [2.75, 3.05) is 11.5 Å². The first kappa shape index (κ1) is 16.8. The third-order valence-corrected chi connectivity index (χ3v) is 2.98. The summed E-state index contributed by atoms with van der Waals surface area (Å²) in [6.07, 6.45) is 0.968. The lowest BCUT2D eigenvalue weighted by Gasteiger charge is -2.17. The van der Waals surface area contributed by atoms with Gasteiger partial charge in [0.1, 0.15) is 0 Å². The van der Waals surface area contributed by atoms with Crippen LogP contribution in [0, 0.1) is 0 Å². The first-order valence-corrected chi connectivity index (χ1v) is 7.00. The molecule has 1 rings (SSSR count). The Labute approximate surface area is 124 Å². The molecule has 0 spiro atoms. The van der Waals surface area contributed by atoms with E-state index in [1.54, 1.807) is 6.07 Å². The molecule has 1 amide bonds. The molecule has 21 heavy (non-hydrogen) atoms. The lowest BCUT2D eigenvalue weighted by molar-refractivity contribution is -0.129. The fraction of sp³-hybridized carbons (Fsp3) is 0.467. The predicted octanol–water partition coefficient (Wildman–Crippen LogP) is 1.70. The molecule has 0 aromatic heterocycles. The molecular formula is C15H23N3O3. The molecule has 6 heteroatoms. The van der Waals surface area contributed by atoms with Crippen LogP contribution < -0.4 is 16.8 Å². The van der Waals surface area contributed by atoms with E-state index in [0.29, 0.717) is 11.4 Å². The number of benzene rings is 1. The van der Waals surface area contributed by atoms with Gasteiger partial charge < -0.3 is 21.5 Å². The van der Waals surface area contributed by atoms with Crippen molar-refractivity contribution in [3.63, 3.8) is 0 Å². The van der Waals surface area contributed by atoms with Gasteiger partial charge in [-0.25, -0.2) is 4.79 Å². The fourth-order valence-corrected chi connectivity index (χ4v) is 1.94. The summed E-state index contributed by atoms with van der Waals surface area (Å²) >= 11 is 0. The van der Waals surface area contributed by atoms with Gasteiger partial charge >= 0.3 is 5.97 Å². The summed E-state index contributed by atoms with van der Waals surface area (Å²) in [4.78, 5) is 23.9. The van der Waals surface area contributed by atoms with Gasteiger partial charge in [-0.2, -0.15) is 0 Å². The quantitative estimate of drug-likeness (QED) is 0.546. The first-order valence-electron chi connectivity index (χ1n) is 7.00. The minimum atomic E-state index is -0.875. The summed E-state index contributed by atoms with van der Waals surface area (Å²) in [5, 5.41) is 2.79. The highest BCUT2D eigenvalue weighted by molar-refractivity contribution is 5.94. The number of carbonyl (C=O) groups excluding carboxylic acids is 2. The lowest BCUT2D eigenvalue weighted by atomic mass is 10.1. The van der Waals surface area contributed by atoms with Crippen LogP contribution in [0.15, 0.2) is 18.2 Å². The molecule has 0 fully saturated rings. The summed E-state index contributed by atoms with van der Waals surface area (Å²) < 4.78 is 5.13. The normalized spacial score (nSPS) is 13.3. The van der Waals surface area contributed by atoms with Crippen LogP contribution in [0.5, 0.6) is 0 Å². The second kappa shape index (κ2) is 7.52. The number of amides is 1. The second-order valence-electron chi connectivity index (χ2n) is 5.13. The molecule has 6 nitrogen and oxygen atoms in total. The molecule has 0 aliphatic carbocycles. The highest BCUT2D eigenvalue weighted by Crippen LogP contribution is 2.15. The van der Waals surface area contributed by atoms with Crippen molar-refractivity contribution in [1.29, 1.82) is 0 Å². The minimum Gasteiger partial charge on any atom is -0.449 e. The molecule has 0 bridgehead atoms. The average molecular weight is 293 g/mol. The van der Waals surface area contributed by atoms with Crippen LogP contribution in [0.1, 0.15) is 44.0 Å². The molecule has 5 N–H and O–H groups in total. The molecule has 0 aliphatic heterocycles. The summed E-state index contributed by atoms with van der Waals surface area (Å²) in [6, 6.07) is 4.51. The zero-order valence-corrected chi connectivity index (χ0v) is 12.7. The maximum absolute atomic E-state index is 12.0. The van der Waals surface area contributed by atoms with Gasteiger partial charge in [0.15, 0.2) is 6.10 Å². The van der Waals surface area contributed by atoms with Crippen molar-refractivity contribution in [3.8, 4) is 0 Å². The number of anilines is 2. The van der Waals surface area contributed by atoms with E-state index in [1.165, 1.54) is 19.1 Å². The van der Waals surface area contributed by atoms with Crippen LogP contribution in [0.25, 0.3) is 0 Å². The van der Waals surface area contributed by atoms with Crippen LogP contribution in [0.4, 0.5) is 11.4 Å². The molecule has 0 aliphatic rings. The number of nitrogens with two attached hydrogens (primary N) is 2. The Balaban J connectivity index is 2.63. The number of hydrogen-bond donors (Lipinski definition) is 3. The highest BCUT2D eigenvalue weighted by atomic mass is 16.5. The Hall–Kier alpha value is -2.24. The number of rotatable bonds is 6. The van der Waals surface area contributed by atoms with Crippen LogP contribution in [-0.2, 0) is 9.53 Å². The van der Waals surface area contributed by atoms with Crippen molar-refractivity contribution in [1.82, 2.24) is 5.32 Å². The Bertz CT molecular complexity index is 497. The van der Waals surface area contributed by atoms with E-state index in [9.17, 15) is 9.59 Å². The third kappa shape index (κ3) is 5.33. The zero-order chi connectivity index (χ0) is 16.0. The topological polar surface area (TPSA) is 107 Å². The molecule has 0 radical (unpaired) electrons. The summed E-state index contributed by atoms with van der Waals surface area (Å²) in [7, 11) is 0.